The number of ether oxygens (including phenoxy) is 2. The van der Waals surface area contributed by atoms with Crippen LogP contribution < -0.4 is 10.1 Å². The van der Waals surface area contributed by atoms with Gasteiger partial charge in [-0.3, -0.25) is 9.78 Å². The highest BCUT2D eigenvalue weighted by molar-refractivity contribution is 6.07. The lowest BCUT2D eigenvalue weighted by Gasteiger charge is -2.13. The van der Waals surface area contributed by atoms with E-state index in [0.29, 0.717) is 33.7 Å². The summed E-state index contributed by atoms with van der Waals surface area (Å²) in [6.07, 6.45) is 3.05. The summed E-state index contributed by atoms with van der Waals surface area (Å²) < 4.78 is 16.1. The maximum atomic E-state index is 12.7. The molecule has 8 nitrogen and oxygen atoms in total. The van der Waals surface area contributed by atoms with Gasteiger partial charge in [-0.25, -0.2) is 9.78 Å². The lowest BCUT2D eigenvalue weighted by Crippen LogP contribution is -2.13. The molecule has 0 unspecified atom stereocenters. The van der Waals surface area contributed by atoms with Crippen LogP contribution in [0.1, 0.15) is 20.7 Å². The lowest BCUT2D eigenvalue weighted by atomic mass is 10.1. The quantitative estimate of drug-likeness (QED) is 0.503. The fraction of sp³-hybridized carbons (Fsp3) is 0.0909. The number of carbonyl (C=O) groups is 2. The fourth-order valence-corrected chi connectivity index (χ4v) is 3.03. The molecule has 30 heavy (non-hydrogen) atoms. The first-order valence-electron chi connectivity index (χ1n) is 8.99. The third-order valence-corrected chi connectivity index (χ3v) is 4.46. The van der Waals surface area contributed by atoms with Gasteiger partial charge in [-0.15, -0.1) is 0 Å². The molecule has 1 N–H and O–H groups in total. The Morgan fingerprint density at radius 3 is 2.60 bits per heavy atom. The van der Waals surface area contributed by atoms with Crippen LogP contribution in [0.4, 0.5) is 5.69 Å². The molecule has 2 aromatic carbocycles. The van der Waals surface area contributed by atoms with E-state index in [1.165, 1.54) is 20.4 Å². The van der Waals surface area contributed by atoms with E-state index in [9.17, 15) is 9.59 Å². The van der Waals surface area contributed by atoms with Gasteiger partial charge in [0, 0.05) is 12.4 Å². The molecule has 0 aliphatic heterocycles. The number of aromatic nitrogens is 2. The van der Waals surface area contributed by atoms with Gasteiger partial charge < -0.3 is 19.2 Å². The molecular formula is C22H17N3O5. The second-order valence-electron chi connectivity index (χ2n) is 6.24. The van der Waals surface area contributed by atoms with Crippen molar-refractivity contribution in [3.63, 3.8) is 0 Å². The third-order valence-electron chi connectivity index (χ3n) is 4.46. The molecule has 150 valence electrons. The van der Waals surface area contributed by atoms with Gasteiger partial charge in [0.05, 0.1) is 36.6 Å². The van der Waals surface area contributed by atoms with E-state index >= 15 is 0 Å². The molecule has 4 aromatic rings. The Kier molecular flexibility index (Phi) is 5.13. The normalized spacial score (nSPS) is 10.6. The monoisotopic (exact) mass is 403 g/mol. The number of rotatable bonds is 5. The maximum absolute atomic E-state index is 12.7. The Labute approximate surface area is 171 Å². The Hall–Kier alpha value is -4.20. The molecule has 0 saturated heterocycles. The first-order valence-corrected chi connectivity index (χ1v) is 8.99. The minimum atomic E-state index is -0.517. The van der Waals surface area contributed by atoms with Gasteiger partial charge in [-0.1, -0.05) is 12.1 Å². The van der Waals surface area contributed by atoms with Crippen molar-refractivity contribution in [3.05, 3.63) is 72.1 Å². The molecule has 0 fully saturated rings. The van der Waals surface area contributed by atoms with Gasteiger partial charge in [0.15, 0.2) is 5.58 Å². The number of nitrogens with one attached hydrogen (secondary N) is 1. The molecule has 0 saturated carbocycles. The second-order valence-corrected chi connectivity index (χ2v) is 6.24. The molecule has 2 aromatic heterocycles. The molecule has 4 rings (SSSR count). The van der Waals surface area contributed by atoms with Gasteiger partial charge in [0.25, 0.3) is 5.91 Å². The summed E-state index contributed by atoms with van der Waals surface area (Å²) in [6.45, 7) is 0. The highest BCUT2D eigenvalue weighted by atomic mass is 16.5. The van der Waals surface area contributed by atoms with E-state index in [1.807, 2.05) is 0 Å². The number of hydrogen-bond acceptors (Lipinski definition) is 7. The first-order chi connectivity index (χ1) is 14.6. The van der Waals surface area contributed by atoms with Gasteiger partial charge >= 0.3 is 5.97 Å². The predicted molar refractivity (Wildman–Crippen MR) is 110 cm³/mol. The molecule has 0 atom stereocenters. The summed E-state index contributed by atoms with van der Waals surface area (Å²) in [5, 5.41) is 2.84. The Balaban J connectivity index is 1.82. The Morgan fingerprint density at radius 1 is 1.03 bits per heavy atom. The molecule has 8 heteroatoms. The number of methoxy groups -OCH3 is 2. The number of esters is 1. The molecule has 2 heterocycles. The number of anilines is 1. The van der Waals surface area contributed by atoms with Crippen molar-refractivity contribution in [1.29, 1.82) is 0 Å². The van der Waals surface area contributed by atoms with Crippen LogP contribution in [-0.4, -0.2) is 36.1 Å². The van der Waals surface area contributed by atoms with Crippen molar-refractivity contribution < 1.29 is 23.5 Å². The SMILES string of the molecule is COC(=O)c1cccc2oc(-c3cccc(OC)c3NC(=O)c3cccnc3)nc12. The highest BCUT2D eigenvalue weighted by Gasteiger charge is 2.21. The van der Waals surface area contributed by atoms with E-state index in [2.05, 4.69) is 15.3 Å². The topological polar surface area (TPSA) is 104 Å². The number of oxazole rings is 1. The van der Waals surface area contributed by atoms with E-state index in [1.54, 1.807) is 54.7 Å². The van der Waals surface area contributed by atoms with Crippen molar-refractivity contribution >= 4 is 28.7 Å². The molecule has 0 spiro atoms. The maximum Gasteiger partial charge on any atom is 0.340 e. The zero-order chi connectivity index (χ0) is 21.1. The average Bonchev–Trinajstić information content (AvgIpc) is 3.23. The van der Waals surface area contributed by atoms with Crippen LogP contribution in [-0.2, 0) is 4.74 Å². The van der Waals surface area contributed by atoms with Crippen LogP contribution in [0.3, 0.4) is 0 Å². The molecule has 0 aliphatic carbocycles. The first kappa shape index (κ1) is 19.1. The molecule has 0 bridgehead atoms. The van der Waals surface area contributed by atoms with Crippen LogP contribution >= 0.6 is 0 Å². The summed E-state index contributed by atoms with van der Waals surface area (Å²) in [4.78, 5) is 33.2. The van der Waals surface area contributed by atoms with Gasteiger partial charge in [0.1, 0.15) is 11.3 Å². The number of pyridine rings is 1. The predicted octanol–water partition coefficient (Wildman–Crippen LogP) is 3.94. The largest absolute Gasteiger partial charge is 0.495 e. The van der Waals surface area contributed by atoms with Crippen molar-refractivity contribution in [1.82, 2.24) is 9.97 Å². The zero-order valence-corrected chi connectivity index (χ0v) is 16.2. The molecule has 0 radical (unpaired) electrons. The second kappa shape index (κ2) is 8.04. The standard InChI is InChI=1S/C22H17N3O5/c1-28-16-9-3-7-14(18(16)24-20(26)13-6-5-11-23-12-13)21-25-19-15(22(27)29-2)8-4-10-17(19)30-21/h3-12H,1-2H3,(H,24,26). The number of amides is 1. The summed E-state index contributed by atoms with van der Waals surface area (Å²) >= 11 is 0. The van der Waals surface area contributed by atoms with Crippen LogP contribution in [0.25, 0.3) is 22.6 Å². The number of nitrogens with zero attached hydrogens (tertiary/aromatic N) is 2. The van der Waals surface area contributed by atoms with Gasteiger partial charge in [0.2, 0.25) is 5.89 Å². The van der Waals surface area contributed by atoms with Crippen molar-refractivity contribution in [2.75, 3.05) is 19.5 Å². The van der Waals surface area contributed by atoms with Crippen LogP contribution in [0.5, 0.6) is 5.75 Å². The van der Waals surface area contributed by atoms with E-state index in [0.717, 1.165) is 0 Å². The highest BCUT2D eigenvalue weighted by Crippen LogP contribution is 2.37. The minimum Gasteiger partial charge on any atom is -0.495 e. The number of benzene rings is 2. The van der Waals surface area contributed by atoms with Crippen molar-refractivity contribution in [3.8, 4) is 17.2 Å². The summed E-state index contributed by atoms with van der Waals surface area (Å²) in [7, 11) is 2.80. The van der Waals surface area contributed by atoms with Gasteiger partial charge in [-0.2, -0.15) is 0 Å². The molecule has 1 amide bonds. The van der Waals surface area contributed by atoms with E-state index < -0.39 is 5.97 Å². The van der Waals surface area contributed by atoms with E-state index in [4.69, 9.17) is 13.9 Å². The zero-order valence-electron chi connectivity index (χ0n) is 16.2. The summed E-state index contributed by atoms with van der Waals surface area (Å²) in [5.41, 5.74) is 2.35. The molecular weight excluding hydrogens is 386 g/mol. The van der Waals surface area contributed by atoms with Crippen LogP contribution in [0, 0.1) is 0 Å². The van der Waals surface area contributed by atoms with Crippen molar-refractivity contribution in [2.45, 2.75) is 0 Å². The van der Waals surface area contributed by atoms with Crippen molar-refractivity contribution in [2.24, 2.45) is 0 Å². The number of hydrogen-bond donors (Lipinski definition) is 1. The Morgan fingerprint density at radius 2 is 1.87 bits per heavy atom. The number of para-hydroxylation sites is 2. The van der Waals surface area contributed by atoms with Gasteiger partial charge in [-0.05, 0) is 36.4 Å². The number of fused-ring (bicyclic) bond motifs is 1. The fourth-order valence-electron chi connectivity index (χ4n) is 3.03. The lowest BCUT2D eigenvalue weighted by molar-refractivity contribution is 0.0602. The Bertz CT molecular complexity index is 1230. The average molecular weight is 403 g/mol. The van der Waals surface area contributed by atoms with Crippen LogP contribution in [0.15, 0.2) is 65.3 Å². The van der Waals surface area contributed by atoms with Crippen LogP contribution in [0.2, 0.25) is 0 Å². The summed E-state index contributed by atoms with van der Waals surface area (Å²) in [5.74, 6) is -0.224. The minimum absolute atomic E-state index is 0.224. The smallest absolute Gasteiger partial charge is 0.340 e. The summed E-state index contributed by atoms with van der Waals surface area (Å²) in [6, 6.07) is 13.5. The number of carbonyl (C=O) groups excluding carboxylic acids is 2. The van der Waals surface area contributed by atoms with E-state index in [-0.39, 0.29) is 17.4 Å². The molecule has 0 aliphatic rings. The third kappa shape index (κ3) is 3.46.